The van der Waals surface area contributed by atoms with Gasteiger partial charge in [-0.1, -0.05) is 12.1 Å². The van der Waals surface area contributed by atoms with E-state index in [0.29, 0.717) is 0 Å². The maximum Gasteiger partial charge on any atom is 0.343 e. The van der Waals surface area contributed by atoms with Crippen LogP contribution in [0.15, 0.2) is 30.3 Å². The first-order chi connectivity index (χ1) is 10.3. The summed E-state index contributed by atoms with van der Waals surface area (Å²) in [7, 11) is 0. The van der Waals surface area contributed by atoms with Crippen molar-refractivity contribution in [1.29, 1.82) is 0 Å². The van der Waals surface area contributed by atoms with Gasteiger partial charge in [0, 0.05) is 11.5 Å². The number of rotatable bonds is 4. The van der Waals surface area contributed by atoms with Crippen molar-refractivity contribution < 1.29 is 29.5 Å². The molecule has 10 heteroatoms. The van der Waals surface area contributed by atoms with Crippen molar-refractivity contribution in [3.05, 3.63) is 61.7 Å². The van der Waals surface area contributed by atoms with Gasteiger partial charge >= 0.3 is 17.0 Å². The molecule has 2 rings (SSSR count). The summed E-state index contributed by atoms with van der Waals surface area (Å²) in [6.07, 6.45) is 0. The summed E-state index contributed by atoms with van der Waals surface area (Å²) in [5.74, 6) is -3.06. The molecule has 0 amide bonds. The van der Waals surface area contributed by atoms with E-state index in [2.05, 4.69) is 4.84 Å². The normalized spacial score (nSPS) is 10.2. The van der Waals surface area contributed by atoms with Crippen molar-refractivity contribution in [1.82, 2.24) is 0 Å². The Morgan fingerprint density at radius 3 is 2.32 bits per heavy atom. The van der Waals surface area contributed by atoms with Gasteiger partial charge in [0.2, 0.25) is 0 Å². The van der Waals surface area contributed by atoms with Gasteiger partial charge in [-0.15, -0.1) is 10.1 Å². The zero-order valence-corrected chi connectivity index (χ0v) is 10.6. The number of carbonyl (C=O) groups is 2. The van der Waals surface area contributed by atoms with Crippen molar-refractivity contribution in [3.8, 4) is 0 Å². The maximum atomic E-state index is 11.7. The molecule has 0 spiro atoms. The fourth-order valence-electron chi connectivity index (χ4n) is 2.02. The standard InChI is InChI=1S/C12H6N2O8/c15-11(16)10-8(13(18)19)5-4-6-2-1-3-7(9(6)10)12(17)22-14(20)21/h1-5H,(H,15,16). The molecule has 0 aromatic heterocycles. The fourth-order valence-corrected chi connectivity index (χ4v) is 2.02. The Morgan fingerprint density at radius 1 is 1.09 bits per heavy atom. The molecule has 0 heterocycles. The van der Waals surface area contributed by atoms with E-state index in [0.717, 1.165) is 12.1 Å². The second kappa shape index (κ2) is 5.44. The highest BCUT2D eigenvalue weighted by Gasteiger charge is 2.27. The van der Waals surface area contributed by atoms with Gasteiger partial charge in [0.25, 0.3) is 5.69 Å². The van der Waals surface area contributed by atoms with Crippen molar-refractivity contribution in [2.45, 2.75) is 0 Å². The third kappa shape index (κ3) is 2.52. The summed E-state index contributed by atoms with van der Waals surface area (Å²) in [4.78, 5) is 47.1. The Kier molecular flexibility index (Phi) is 3.67. The van der Waals surface area contributed by atoms with Crippen LogP contribution >= 0.6 is 0 Å². The Bertz CT molecular complexity index is 829. The Hall–Kier alpha value is -3.56. The zero-order valence-electron chi connectivity index (χ0n) is 10.6. The number of carbonyl (C=O) groups excluding carboxylic acids is 1. The molecule has 0 radical (unpaired) electrons. The zero-order chi connectivity index (χ0) is 16.4. The van der Waals surface area contributed by atoms with E-state index >= 15 is 0 Å². The third-order valence-corrected chi connectivity index (χ3v) is 2.81. The minimum atomic E-state index is -1.64. The third-order valence-electron chi connectivity index (χ3n) is 2.81. The average molecular weight is 306 g/mol. The fraction of sp³-hybridized carbons (Fsp3) is 0. The van der Waals surface area contributed by atoms with Gasteiger partial charge in [-0.3, -0.25) is 14.9 Å². The monoisotopic (exact) mass is 306 g/mol. The van der Waals surface area contributed by atoms with Crippen LogP contribution in [-0.2, 0) is 4.84 Å². The van der Waals surface area contributed by atoms with E-state index in [-0.39, 0.29) is 10.8 Å². The van der Waals surface area contributed by atoms with Crippen molar-refractivity contribution in [2.75, 3.05) is 0 Å². The highest BCUT2D eigenvalue weighted by Crippen LogP contribution is 2.31. The van der Waals surface area contributed by atoms with Crippen molar-refractivity contribution in [3.63, 3.8) is 0 Å². The van der Waals surface area contributed by atoms with Gasteiger partial charge in [-0.05, 0) is 17.5 Å². The molecule has 0 aliphatic carbocycles. The van der Waals surface area contributed by atoms with E-state index in [1.807, 2.05) is 0 Å². The summed E-state index contributed by atoms with van der Waals surface area (Å²) in [5.41, 5.74) is -1.92. The summed E-state index contributed by atoms with van der Waals surface area (Å²) in [5, 5.41) is 29.0. The van der Waals surface area contributed by atoms with Gasteiger partial charge in [-0.25, -0.2) is 9.63 Å². The number of nitro benzene ring substituents is 1. The molecule has 2 aromatic rings. The minimum absolute atomic E-state index is 0.195. The molecule has 2 aromatic carbocycles. The van der Waals surface area contributed by atoms with Gasteiger partial charge in [0.1, 0.15) is 5.56 Å². The lowest BCUT2D eigenvalue weighted by Crippen LogP contribution is -2.13. The molecule has 0 fully saturated rings. The Labute approximate surface area is 120 Å². The Morgan fingerprint density at radius 2 is 1.77 bits per heavy atom. The van der Waals surface area contributed by atoms with E-state index in [1.54, 1.807) is 0 Å². The molecule has 0 atom stereocenters. The van der Waals surface area contributed by atoms with Gasteiger partial charge in [0.05, 0.1) is 10.5 Å². The number of benzene rings is 2. The molecule has 0 aliphatic rings. The van der Waals surface area contributed by atoms with Crippen LogP contribution < -0.4 is 0 Å². The van der Waals surface area contributed by atoms with Crippen LogP contribution in [0.25, 0.3) is 10.8 Å². The SMILES string of the molecule is O=C(O[N+](=O)[O-])c1cccc2ccc([N+](=O)[O-])c(C(=O)O)c12. The molecule has 1 N–H and O–H groups in total. The van der Waals surface area contributed by atoms with E-state index in [9.17, 15) is 34.9 Å². The summed E-state index contributed by atoms with van der Waals surface area (Å²) < 4.78 is 0. The second-order valence-corrected chi connectivity index (χ2v) is 4.03. The van der Waals surface area contributed by atoms with E-state index in [1.165, 1.54) is 18.2 Å². The van der Waals surface area contributed by atoms with Crippen LogP contribution in [0.4, 0.5) is 5.69 Å². The molecule has 10 nitrogen and oxygen atoms in total. The van der Waals surface area contributed by atoms with Gasteiger partial charge in [0.15, 0.2) is 0 Å². The average Bonchev–Trinajstić information content (AvgIpc) is 2.44. The van der Waals surface area contributed by atoms with Crippen LogP contribution in [-0.4, -0.2) is 27.1 Å². The summed E-state index contributed by atoms with van der Waals surface area (Å²) in [6.45, 7) is 0. The molecule has 0 bridgehead atoms. The van der Waals surface area contributed by atoms with Crippen LogP contribution in [0, 0.1) is 20.2 Å². The number of hydrogen-bond acceptors (Lipinski definition) is 7. The lowest BCUT2D eigenvalue weighted by Gasteiger charge is -2.08. The lowest BCUT2D eigenvalue weighted by atomic mass is 9.97. The summed E-state index contributed by atoms with van der Waals surface area (Å²) >= 11 is 0. The largest absolute Gasteiger partial charge is 0.477 e. The molecular formula is C12H6N2O8. The first-order valence-electron chi connectivity index (χ1n) is 5.63. The quantitative estimate of drug-likeness (QED) is 0.663. The first-order valence-corrected chi connectivity index (χ1v) is 5.63. The number of nitro groups is 1. The first kappa shape index (κ1) is 14.8. The van der Waals surface area contributed by atoms with Gasteiger partial charge in [-0.2, -0.15) is 0 Å². The molecule has 0 saturated carbocycles. The van der Waals surface area contributed by atoms with Gasteiger partial charge < -0.3 is 5.11 Å². The highest BCUT2D eigenvalue weighted by atomic mass is 17.0. The van der Waals surface area contributed by atoms with Crippen LogP contribution in [0.3, 0.4) is 0 Å². The van der Waals surface area contributed by atoms with E-state index < -0.39 is 38.8 Å². The predicted molar refractivity (Wildman–Crippen MR) is 70.0 cm³/mol. The summed E-state index contributed by atoms with van der Waals surface area (Å²) in [6, 6.07) is 6.06. The number of nitrogens with zero attached hydrogens (tertiary/aromatic N) is 2. The molecule has 0 unspecified atom stereocenters. The smallest absolute Gasteiger partial charge is 0.343 e. The molecule has 0 aliphatic heterocycles. The number of aromatic carboxylic acids is 1. The number of hydrogen-bond donors (Lipinski definition) is 1. The second-order valence-electron chi connectivity index (χ2n) is 4.03. The number of carboxylic acids is 1. The number of carboxylic acid groups (broad SMARTS) is 1. The van der Waals surface area contributed by atoms with Crippen molar-refractivity contribution >= 4 is 28.4 Å². The topological polar surface area (TPSA) is 150 Å². The van der Waals surface area contributed by atoms with Crippen LogP contribution in [0.2, 0.25) is 0 Å². The lowest BCUT2D eigenvalue weighted by molar-refractivity contribution is -0.727. The number of fused-ring (bicyclic) bond motifs is 1. The predicted octanol–water partition coefficient (Wildman–Crippen LogP) is 1.79. The van der Waals surface area contributed by atoms with Crippen molar-refractivity contribution in [2.24, 2.45) is 0 Å². The van der Waals surface area contributed by atoms with Crippen LogP contribution in [0.1, 0.15) is 20.7 Å². The highest BCUT2D eigenvalue weighted by molar-refractivity contribution is 6.15. The minimum Gasteiger partial charge on any atom is -0.477 e. The Balaban J connectivity index is 2.86. The molecular weight excluding hydrogens is 300 g/mol. The van der Waals surface area contributed by atoms with E-state index in [4.69, 9.17) is 0 Å². The molecule has 0 saturated heterocycles. The molecule has 22 heavy (non-hydrogen) atoms. The van der Waals surface area contributed by atoms with Crippen LogP contribution in [0.5, 0.6) is 0 Å². The molecule has 112 valence electrons. The maximum absolute atomic E-state index is 11.7.